The second-order valence-electron chi connectivity index (χ2n) is 5.92. The van der Waals surface area contributed by atoms with Gasteiger partial charge in [0.2, 0.25) is 5.88 Å². The fraction of sp³-hybridized carbons (Fsp3) is 0.211. The van der Waals surface area contributed by atoms with Crippen molar-refractivity contribution in [2.75, 3.05) is 0 Å². The Labute approximate surface area is 139 Å². The summed E-state index contributed by atoms with van der Waals surface area (Å²) in [4.78, 5) is 0. The van der Waals surface area contributed by atoms with Crippen molar-refractivity contribution >= 4 is 6.08 Å². The minimum Gasteiger partial charge on any atom is -0.472 e. The van der Waals surface area contributed by atoms with E-state index in [1.54, 1.807) is 25.1 Å². The third kappa shape index (κ3) is 2.33. The Balaban J connectivity index is 1.84. The van der Waals surface area contributed by atoms with Crippen molar-refractivity contribution < 1.29 is 13.6 Å². The van der Waals surface area contributed by atoms with E-state index in [2.05, 4.69) is 12.1 Å². The number of nitrogens with zero attached hydrogens (tertiary/aromatic N) is 1. The molecule has 0 amide bonds. The van der Waals surface area contributed by atoms with Crippen molar-refractivity contribution in [1.29, 1.82) is 5.26 Å². The van der Waals surface area contributed by atoms with Crippen molar-refractivity contribution in [2.24, 2.45) is 5.73 Å². The van der Waals surface area contributed by atoms with Gasteiger partial charge in [0.25, 0.3) is 0 Å². The molecule has 0 fully saturated rings. The first-order valence-electron chi connectivity index (χ1n) is 7.84. The molecule has 2 aromatic heterocycles. The summed E-state index contributed by atoms with van der Waals surface area (Å²) >= 11 is 0. The molecule has 0 spiro atoms. The maximum absolute atomic E-state index is 9.55. The van der Waals surface area contributed by atoms with Gasteiger partial charge in [-0.1, -0.05) is 0 Å². The molecule has 1 aliphatic carbocycles. The molecule has 1 atom stereocenters. The van der Waals surface area contributed by atoms with Crippen LogP contribution in [-0.4, -0.2) is 0 Å². The summed E-state index contributed by atoms with van der Waals surface area (Å²) in [5.74, 6) is 0.748. The van der Waals surface area contributed by atoms with Crippen LogP contribution in [0, 0.1) is 11.3 Å². The number of furan rings is 2. The predicted molar refractivity (Wildman–Crippen MR) is 86.9 cm³/mol. The molecule has 0 radical (unpaired) electrons. The summed E-state index contributed by atoms with van der Waals surface area (Å²) in [5.41, 5.74) is 10.6. The van der Waals surface area contributed by atoms with Gasteiger partial charge in [0, 0.05) is 11.1 Å². The Hall–Kier alpha value is -3.13. The molecular weight excluding hydrogens is 304 g/mol. The molecule has 2 aliphatic rings. The maximum Gasteiger partial charge on any atom is 0.205 e. The molecule has 4 rings (SSSR count). The second-order valence-corrected chi connectivity index (χ2v) is 5.92. The van der Waals surface area contributed by atoms with E-state index in [4.69, 9.17) is 19.3 Å². The van der Waals surface area contributed by atoms with Gasteiger partial charge in [-0.25, -0.2) is 0 Å². The molecule has 1 aliphatic heterocycles. The largest absolute Gasteiger partial charge is 0.472 e. The molecule has 5 nitrogen and oxygen atoms in total. The monoisotopic (exact) mass is 320 g/mol. The van der Waals surface area contributed by atoms with Crippen LogP contribution >= 0.6 is 0 Å². The number of allylic oxidation sites excluding steroid dienone is 3. The number of nitrogens with two attached hydrogens (primary N) is 1. The molecule has 24 heavy (non-hydrogen) atoms. The zero-order chi connectivity index (χ0) is 16.5. The van der Waals surface area contributed by atoms with E-state index in [0.717, 1.165) is 47.3 Å². The van der Waals surface area contributed by atoms with Gasteiger partial charge >= 0.3 is 0 Å². The highest BCUT2D eigenvalue weighted by Crippen LogP contribution is 2.46. The van der Waals surface area contributed by atoms with Gasteiger partial charge < -0.3 is 19.3 Å². The van der Waals surface area contributed by atoms with E-state index < -0.39 is 0 Å². The topological polar surface area (TPSA) is 85.3 Å². The minimum absolute atomic E-state index is 0.169. The van der Waals surface area contributed by atoms with Crippen molar-refractivity contribution in [3.8, 4) is 6.07 Å². The highest BCUT2D eigenvalue weighted by molar-refractivity contribution is 5.61. The summed E-state index contributed by atoms with van der Waals surface area (Å²) in [6.45, 7) is 0. The molecule has 0 saturated heterocycles. The molecule has 0 aromatic carbocycles. The van der Waals surface area contributed by atoms with Gasteiger partial charge in [0.15, 0.2) is 0 Å². The average molecular weight is 320 g/mol. The maximum atomic E-state index is 9.55. The zero-order valence-corrected chi connectivity index (χ0v) is 13.0. The van der Waals surface area contributed by atoms with Gasteiger partial charge in [-0.15, -0.1) is 0 Å². The van der Waals surface area contributed by atoms with E-state index in [0.29, 0.717) is 5.57 Å². The average Bonchev–Trinajstić information content (AvgIpc) is 3.28. The zero-order valence-electron chi connectivity index (χ0n) is 13.0. The first-order valence-corrected chi connectivity index (χ1v) is 7.84. The predicted octanol–water partition coefficient (Wildman–Crippen LogP) is 4.20. The van der Waals surface area contributed by atoms with Crippen LogP contribution in [0.5, 0.6) is 0 Å². The summed E-state index contributed by atoms with van der Waals surface area (Å²) < 4.78 is 16.2. The second kappa shape index (κ2) is 5.82. The Bertz CT molecular complexity index is 878. The van der Waals surface area contributed by atoms with Gasteiger partial charge in [-0.05, 0) is 48.6 Å². The summed E-state index contributed by atoms with van der Waals surface area (Å²) in [6, 6.07) is 5.98. The van der Waals surface area contributed by atoms with Crippen LogP contribution in [0.4, 0.5) is 0 Å². The number of hydrogen-bond acceptors (Lipinski definition) is 5. The lowest BCUT2D eigenvalue weighted by Crippen LogP contribution is -2.23. The fourth-order valence-corrected chi connectivity index (χ4v) is 3.41. The van der Waals surface area contributed by atoms with Crippen LogP contribution in [0.15, 0.2) is 74.4 Å². The third-order valence-corrected chi connectivity index (χ3v) is 4.47. The van der Waals surface area contributed by atoms with Crippen LogP contribution in [0.3, 0.4) is 0 Å². The highest BCUT2D eigenvalue weighted by Gasteiger charge is 2.35. The van der Waals surface area contributed by atoms with E-state index in [1.165, 1.54) is 0 Å². The molecule has 3 heterocycles. The Morgan fingerprint density at radius 1 is 1.17 bits per heavy atom. The van der Waals surface area contributed by atoms with E-state index in [-0.39, 0.29) is 11.8 Å². The van der Waals surface area contributed by atoms with Crippen molar-refractivity contribution in [3.63, 3.8) is 0 Å². The Morgan fingerprint density at radius 3 is 2.71 bits per heavy atom. The number of ether oxygens (including phenoxy) is 1. The van der Waals surface area contributed by atoms with E-state index >= 15 is 0 Å². The Kier molecular flexibility index (Phi) is 3.51. The first kappa shape index (κ1) is 14.5. The van der Waals surface area contributed by atoms with Crippen LogP contribution in [0.1, 0.15) is 36.3 Å². The fourth-order valence-electron chi connectivity index (χ4n) is 3.41. The molecule has 0 bridgehead atoms. The lowest BCUT2D eigenvalue weighted by molar-refractivity contribution is 0.277. The molecule has 2 aromatic rings. The molecule has 0 unspecified atom stereocenters. The van der Waals surface area contributed by atoms with E-state index in [1.807, 2.05) is 12.1 Å². The summed E-state index contributed by atoms with van der Waals surface area (Å²) in [7, 11) is 0. The van der Waals surface area contributed by atoms with Crippen molar-refractivity contribution in [2.45, 2.75) is 25.2 Å². The van der Waals surface area contributed by atoms with Gasteiger partial charge in [0.05, 0.1) is 31.0 Å². The molecular formula is C19H16N2O3. The van der Waals surface area contributed by atoms with Crippen LogP contribution in [-0.2, 0) is 4.74 Å². The summed E-state index contributed by atoms with van der Waals surface area (Å²) in [6.07, 6.45) is 11.4. The smallest absolute Gasteiger partial charge is 0.205 e. The van der Waals surface area contributed by atoms with Crippen LogP contribution in [0.2, 0.25) is 0 Å². The normalized spacial score (nSPS) is 22.3. The standard InChI is InChI=1S/C19H16N2O3/c20-9-16-17(14-5-7-23-11-14)15-3-1-2-13(18(15)24-19(16)21)8-12-4-6-22-10-12/h4-8,10-11,17H,1-3,21H2/b13-8+/t17-/m0/s1. The van der Waals surface area contributed by atoms with Crippen LogP contribution < -0.4 is 5.73 Å². The van der Waals surface area contributed by atoms with Crippen molar-refractivity contribution in [1.82, 2.24) is 0 Å². The van der Waals surface area contributed by atoms with Gasteiger partial charge in [-0.2, -0.15) is 5.26 Å². The lowest BCUT2D eigenvalue weighted by Gasteiger charge is -2.32. The van der Waals surface area contributed by atoms with Crippen LogP contribution in [0.25, 0.3) is 6.08 Å². The first-order chi connectivity index (χ1) is 11.8. The quantitative estimate of drug-likeness (QED) is 0.896. The summed E-state index contributed by atoms with van der Waals surface area (Å²) in [5, 5.41) is 9.55. The molecule has 120 valence electrons. The van der Waals surface area contributed by atoms with E-state index in [9.17, 15) is 5.26 Å². The Morgan fingerprint density at radius 2 is 2.00 bits per heavy atom. The molecule has 2 N–H and O–H groups in total. The third-order valence-electron chi connectivity index (χ3n) is 4.47. The number of nitriles is 1. The molecule has 5 heteroatoms. The highest BCUT2D eigenvalue weighted by atomic mass is 16.5. The molecule has 0 saturated carbocycles. The van der Waals surface area contributed by atoms with Gasteiger partial charge in [-0.3, -0.25) is 0 Å². The SMILES string of the molecule is N#CC1=C(N)OC2=C(CCC/C2=C\c2ccoc2)[C@@H]1c1ccoc1. The number of hydrogen-bond donors (Lipinski definition) is 1. The van der Waals surface area contributed by atoms with Crippen molar-refractivity contribution in [3.05, 3.63) is 76.7 Å². The number of rotatable bonds is 2. The minimum atomic E-state index is -0.203. The van der Waals surface area contributed by atoms with Gasteiger partial charge in [0.1, 0.15) is 17.4 Å². The lowest BCUT2D eigenvalue weighted by atomic mass is 9.77.